The number of aryl methyl sites for hydroxylation is 1. The molecule has 1 aromatic rings. The molecule has 0 aliphatic carbocycles. The molecule has 4 heteroatoms. The largest absolute Gasteiger partial charge is 0.507 e. The third kappa shape index (κ3) is 4.75. The van der Waals surface area contributed by atoms with E-state index in [0.717, 1.165) is 24.0 Å². The van der Waals surface area contributed by atoms with Crippen LogP contribution in [0.1, 0.15) is 82.8 Å². The first kappa shape index (κ1) is 19.8. The van der Waals surface area contributed by atoms with Crippen molar-refractivity contribution in [1.29, 1.82) is 0 Å². The van der Waals surface area contributed by atoms with Crippen molar-refractivity contribution in [3.63, 3.8) is 0 Å². The molecule has 0 unspecified atom stereocenters. The van der Waals surface area contributed by atoms with Crippen LogP contribution in [0.5, 0.6) is 5.75 Å². The van der Waals surface area contributed by atoms with Gasteiger partial charge in [-0.3, -0.25) is 4.79 Å². The van der Waals surface area contributed by atoms with E-state index in [9.17, 15) is 9.90 Å². The third-order valence-corrected chi connectivity index (χ3v) is 4.90. The fourth-order valence-corrected chi connectivity index (χ4v) is 4.18. The molecule has 1 amide bonds. The molecular formula is C21H34N2O2. The van der Waals surface area contributed by atoms with Crippen LogP contribution in [-0.2, 0) is 5.41 Å². The molecule has 0 bridgehead atoms. The van der Waals surface area contributed by atoms with Gasteiger partial charge in [0.15, 0.2) is 0 Å². The van der Waals surface area contributed by atoms with Gasteiger partial charge in [-0.1, -0.05) is 20.8 Å². The van der Waals surface area contributed by atoms with Crippen LogP contribution in [-0.4, -0.2) is 28.1 Å². The summed E-state index contributed by atoms with van der Waals surface area (Å²) in [5.74, 6) is 0.222. The number of benzene rings is 1. The van der Waals surface area contributed by atoms with Gasteiger partial charge in [0.05, 0.1) is 0 Å². The number of rotatable bonds is 2. The van der Waals surface area contributed by atoms with E-state index in [-0.39, 0.29) is 34.2 Å². The molecule has 0 saturated carbocycles. The van der Waals surface area contributed by atoms with Gasteiger partial charge < -0.3 is 15.7 Å². The van der Waals surface area contributed by atoms with Crippen molar-refractivity contribution in [2.45, 2.75) is 90.8 Å². The Kier molecular flexibility index (Phi) is 4.99. The summed E-state index contributed by atoms with van der Waals surface area (Å²) in [6, 6.07) is 3.73. The van der Waals surface area contributed by atoms with Crippen LogP contribution in [0.4, 0.5) is 0 Å². The summed E-state index contributed by atoms with van der Waals surface area (Å²) in [4.78, 5) is 12.9. The van der Waals surface area contributed by atoms with Crippen molar-refractivity contribution in [3.8, 4) is 5.75 Å². The van der Waals surface area contributed by atoms with E-state index in [4.69, 9.17) is 0 Å². The van der Waals surface area contributed by atoms with Crippen molar-refractivity contribution in [3.05, 3.63) is 28.8 Å². The molecule has 4 nitrogen and oxygen atoms in total. The van der Waals surface area contributed by atoms with E-state index in [1.54, 1.807) is 6.07 Å². The Bertz CT molecular complexity index is 653. The highest BCUT2D eigenvalue weighted by Gasteiger charge is 2.38. The number of piperidine rings is 1. The molecule has 1 saturated heterocycles. The first-order chi connectivity index (χ1) is 11.2. The number of aromatic hydroxyl groups is 1. The van der Waals surface area contributed by atoms with E-state index in [1.807, 2.05) is 33.8 Å². The smallest absolute Gasteiger partial charge is 0.251 e. The molecule has 0 radical (unpaired) electrons. The molecule has 1 heterocycles. The highest BCUT2D eigenvalue weighted by molar-refractivity contribution is 5.95. The zero-order chi connectivity index (χ0) is 19.2. The maximum absolute atomic E-state index is 12.9. The van der Waals surface area contributed by atoms with Crippen LogP contribution < -0.4 is 10.6 Å². The fraction of sp³-hybridized carbons (Fsp3) is 0.667. The van der Waals surface area contributed by atoms with Crippen LogP contribution in [0.15, 0.2) is 12.1 Å². The van der Waals surface area contributed by atoms with Gasteiger partial charge in [-0.05, 0) is 70.6 Å². The van der Waals surface area contributed by atoms with Crippen LogP contribution in [0, 0.1) is 6.92 Å². The van der Waals surface area contributed by atoms with Gasteiger partial charge >= 0.3 is 0 Å². The predicted octanol–water partition coefficient (Wildman–Crippen LogP) is 4.04. The van der Waals surface area contributed by atoms with Crippen LogP contribution >= 0.6 is 0 Å². The molecule has 1 aliphatic heterocycles. The maximum atomic E-state index is 12.9. The van der Waals surface area contributed by atoms with Crippen molar-refractivity contribution in [2.24, 2.45) is 0 Å². The standard InChI is InChI=1S/C21H34N2O2/c1-13-9-14(10-16(17(13)24)19(2,3)4)18(25)22-15-11-20(5,6)23-21(7,8)12-15/h9-10,15,23-24H,11-12H2,1-8H3,(H,22,25). The Morgan fingerprint density at radius 1 is 1.16 bits per heavy atom. The van der Waals surface area contributed by atoms with Gasteiger partial charge in [-0.15, -0.1) is 0 Å². The molecule has 0 atom stereocenters. The van der Waals surface area contributed by atoms with Crippen LogP contribution in [0.3, 0.4) is 0 Å². The monoisotopic (exact) mass is 346 g/mol. The number of nitrogens with one attached hydrogen (secondary N) is 2. The lowest BCUT2D eigenvalue weighted by atomic mass is 9.79. The number of carbonyl (C=O) groups excluding carboxylic acids is 1. The number of carbonyl (C=O) groups is 1. The van der Waals surface area contributed by atoms with E-state index in [0.29, 0.717) is 5.56 Å². The van der Waals surface area contributed by atoms with Gasteiger partial charge in [0.1, 0.15) is 5.75 Å². The first-order valence-electron chi connectivity index (χ1n) is 9.14. The minimum atomic E-state index is -0.218. The minimum absolute atomic E-state index is 0.0128. The van der Waals surface area contributed by atoms with Gasteiger partial charge in [-0.25, -0.2) is 0 Å². The lowest BCUT2D eigenvalue weighted by Gasteiger charge is -2.46. The average Bonchev–Trinajstić information content (AvgIpc) is 2.36. The fourth-order valence-electron chi connectivity index (χ4n) is 4.18. The molecule has 1 aliphatic rings. The summed E-state index contributed by atoms with van der Waals surface area (Å²) in [6.07, 6.45) is 1.79. The van der Waals surface area contributed by atoms with Crippen molar-refractivity contribution in [2.75, 3.05) is 0 Å². The Hall–Kier alpha value is -1.55. The normalized spacial score (nSPS) is 20.3. The summed E-state index contributed by atoms with van der Waals surface area (Å²) in [5, 5.41) is 17.2. The summed E-state index contributed by atoms with van der Waals surface area (Å²) in [5.41, 5.74) is 1.92. The second kappa shape index (κ2) is 6.31. The molecular weight excluding hydrogens is 312 g/mol. The maximum Gasteiger partial charge on any atom is 0.251 e. The third-order valence-electron chi connectivity index (χ3n) is 4.90. The van der Waals surface area contributed by atoms with E-state index in [2.05, 4.69) is 38.3 Å². The lowest BCUT2D eigenvalue weighted by molar-refractivity contribution is 0.0873. The Balaban J connectivity index is 2.26. The van der Waals surface area contributed by atoms with Crippen molar-refractivity contribution < 1.29 is 9.90 Å². The van der Waals surface area contributed by atoms with Gasteiger partial charge in [0.25, 0.3) is 5.91 Å². The van der Waals surface area contributed by atoms with Crippen LogP contribution in [0.2, 0.25) is 0 Å². The van der Waals surface area contributed by atoms with Crippen LogP contribution in [0.25, 0.3) is 0 Å². The van der Waals surface area contributed by atoms with E-state index < -0.39 is 0 Å². The topological polar surface area (TPSA) is 61.4 Å². The highest BCUT2D eigenvalue weighted by atomic mass is 16.3. The Labute approximate surface area is 152 Å². The summed E-state index contributed by atoms with van der Waals surface area (Å²) < 4.78 is 0. The Morgan fingerprint density at radius 3 is 2.16 bits per heavy atom. The number of phenols is 1. The first-order valence-corrected chi connectivity index (χ1v) is 9.14. The molecule has 1 aromatic carbocycles. The number of amides is 1. The summed E-state index contributed by atoms with van der Waals surface area (Å²) >= 11 is 0. The Morgan fingerprint density at radius 2 is 1.68 bits per heavy atom. The van der Waals surface area contributed by atoms with Gasteiger partial charge in [0, 0.05) is 28.2 Å². The van der Waals surface area contributed by atoms with E-state index >= 15 is 0 Å². The van der Waals surface area contributed by atoms with Crippen molar-refractivity contribution >= 4 is 5.91 Å². The summed E-state index contributed by atoms with van der Waals surface area (Å²) in [6.45, 7) is 16.7. The second-order valence-electron chi connectivity index (χ2n) is 9.91. The molecule has 0 aromatic heterocycles. The lowest BCUT2D eigenvalue weighted by Crippen LogP contribution is -2.62. The zero-order valence-corrected chi connectivity index (χ0v) is 17.0. The molecule has 25 heavy (non-hydrogen) atoms. The molecule has 140 valence electrons. The number of phenolic OH excluding ortho intramolecular Hbond substituents is 1. The molecule has 3 N–H and O–H groups in total. The molecule has 1 fully saturated rings. The molecule has 0 spiro atoms. The second-order valence-corrected chi connectivity index (χ2v) is 9.91. The van der Waals surface area contributed by atoms with Crippen molar-refractivity contribution in [1.82, 2.24) is 10.6 Å². The van der Waals surface area contributed by atoms with Gasteiger partial charge in [-0.2, -0.15) is 0 Å². The molecule has 2 rings (SSSR count). The SMILES string of the molecule is Cc1cc(C(=O)NC2CC(C)(C)NC(C)(C)C2)cc(C(C)(C)C)c1O. The highest BCUT2D eigenvalue weighted by Crippen LogP contribution is 2.34. The number of hydrogen-bond donors (Lipinski definition) is 3. The predicted molar refractivity (Wildman–Crippen MR) is 103 cm³/mol. The minimum Gasteiger partial charge on any atom is -0.507 e. The zero-order valence-electron chi connectivity index (χ0n) is 17.0. The number of hydrogen-bond acceptors (Lipinski definition) is 3. The average molecular weight is 347 g/mol. The summed E-state index contributed by atoms with van der Waals surface area (Å²) in [7, 11) is 0. The van der Waals surface area contributed by atoms with Gasteiger partial charge in [0.2, 0.25) is 0 Å². The quantitative estimate of drug-likeness (QED) is 0.757. The van der Waals surface area contributed by atoms with E-state index in [1.165, 1.54) is 0 Å².